The van der Waals surface area contributed by atoms with Crippen molar-refractivity contribution in [3.63, 3.8) is 0 Å². The van der Waals surface area contributed by atoms with E-state index in [0.717, 1.165) is 6.54 Å². The van der Waals surface area contributed by atoms with E-state index in [1.807, 2.05) is 12.1 Å². The van der Waals surface area contributed by atoms with Gasteiger partial charge in [0, 0.05) is 13.1 Å². The number of carbonyl (C=O) groups is 1. The molecule has 0 aliphatic carbocycles. The normalized spacial score (nSPS) is 22.8. The highest BCUT2D eigenvalue weighted by Crippen LogP contribution is 2.26. The van der Waals surface area contributed by atoms with Crippen LogP contribution < -0.4 is 0 Å². The number of aliphatic carboxylic acids is 1. The first-order valence-corrected chi connectivity index (χ1v) is 7.66. The predicted octanol–water partition coefficient (Wildman–Crippen LogP) is 2.42. The lowest BCUT2D eigenvalue weighted by Gasteiger charge is -2.34. The minimum absolute atomic E-state index is 0.416. The lowest BCUT2D eigenvalue weighted by atomic mass is 9.93. The number of β-amino-alcohol motifs (C(OH)–C–C–N with tert-alkyl or cyclic N) is 1. The highest BCUT2D eigenvalue weighted by Gasteiger charge is 2.32. The Morgan fingerprint density at radius 2 is 2.05 bits per heavy atom. The summed E-state index contributed by atoms with van der Waals surface area (Å²) in [6.07, 6.45) is -0.290. The van der Waals surface area contributed by atoms with E-state index in [1.54, 1.807) is 0 Å². The molecule has 1 fully saturated rings. The Bertz CT molecular complexity index is 698. The number of aryl methyl sites for hydroxylation is 1. The van der Waals surface area contributed by atoms with Crippen LogP contribution in [0.4, 0.5) is 0 Å². The first-order valence-electron chi connectivity index (χ1n) is 7.66. The number of fused-ring (bicyclic) bond motifs is 1. The summed E-state index contributed by atoms with van der Waals surface area (Å²) in [7, 11) is 0. The van der Waals surface area contributed by atoms with Crippen molar-refractivity contribution in [2.75, 3.05) is 13.1 Å². The number of carboxylic acids is 1. The van der Waals surface area contributed by atoms with Crippen molar-refractivity contribution in [2.24, 2.45) is 5.92 Å². The Balaban J connectivity index is 1.82. The lowest BCUT2D eigenvalue weighted by Crippen LogP contribution is -2.46. The van der Waals surface area contributed by atoms with Gasteiger partial charge in [-0.2, -0.15) is 0 Å². The number of hydrogen-bond donors (Lipinski definition) is 2. The van der Waals surface area contributed by atoms with Crippen molar-refractivity contribution >= 4 is 16.7 Å². The molecule has 1 aliphatic rings. The van der Waals surface area contributed by atoms with Gasteiger partial charge in [0.15, 0.2) is 0 Å². The maximum atomic E-state index is 11.1. The fourth-order valence-electron chi connectivity index (χ4n) is 3.31. The minimum atomic E-state index is -0.895. The van der Waals surface area contributed by atoms with Gasteiger partial charge in [0.2, 0.25) is 0 Å². The van der Waals surface area contributed by atoms with Crippen LogP contribution in [0.2, 0.25) is 0 Å². The summed E-state index contributed by atoms with van der Waals surface area (Å²) in [6, 6.07) is 12.5. The molecule has 0 radical (unpaired) electrons. The second-order valence-corrected chi connectivity index (χ2v) is 6.12. The summed E-state index contributed by atoms with van der Waals surface area (Å²) in [6.45, 7) is 3.97. The third kappa shape index (κ3) is 2.85. The van der Waals surface area contributed by atoms with Crippen LogP contribution in [0.5, 0.6) is 0 Å². The zero-order chi connectivity index (χ0) is 15.7. The smallest absolute Gasteiger partial charge is 0.309 e. The number of likely N-dealkylation sites (tertiary alicyclic amines) is 1. The number of aliphatic hydroxyl groups excluding tert-OH is 1. The number of piperidine rings is 1. The molecule has 0 amide bonds. The maximum Gasteiger partial charge on any atom is 0.309 e. The quantitative estimate of drug-likeness (QED) is 0.914. The molecule has 0 aromatic heterocycles. The van der Waals surface area contributed by atoms with Crippen LogP contribution in [0.1, 0.15) is 17.5 Å². The lowest BCUT2D eigenvalue weighted by molar-refractivity contribution is -0.148. The molecule has 0 saturated carbocycles. The van der Waals surface area contributed by atoms with Crippen LogP contribution in [0.15, 0.2) is 36.4 Å². The summed E-state index contributed by atoms with van der Waals surface area (Å²) in [4.78, 5) is 13.2. The summed E-state index contributed by atoms with van der Waals surface area (Å²) >= 11 is 0. The molecule has 4 heteroatoms. The third-order valence-electron chi connectivity index (χ3n) is 4.64. The molecule has 2 aromatic carbocycles. The van der Waals surface area contributed by atoms with Crippen molar-refractivity contribution < 1.29 is 15.0 Å². The van der Waals surface area contributed by atoms with Crippen molar-refractivity contribution in [1.29, 1.82) is 0 Å². The van der Waals surface area contributed by atoms with Crippen LogP contribution in [0, 0.1) is 12.8 Å². The number of carboxylic acid groups (broad SMARTS) is 1. The van der Waals surface area contributed by atoms with Gasteiger partial charge in [-0.05, 0) is 41.8 Å². The summed E-state index contributed by atoms with van der Waals surface area (Å²) in [5.41, 5.74) is 2.49. The molecule has 4 nitrogen and oxygen atoms in total. The average molecular weight is 299 g/mol. The van der Waals surface area contributed by atoms with Crippen LogP contribution >= 0.6 is 0 Å². The van der Waals surface area contributed by atoms with Crippen LogP contribution in [0.3, 0.4) is 0 Å². The van der Waals surface area contributed by atoms with Crippen molar-refractivity contribution in [3.05, 3.63) is 47.5 Å². The van der Waals surface area contributed by atoms with Gasteiger partial charge in [-0.25, -0.2) is 0 Å². The van der Waals surface area contributed by atoms with E-state index in [-0.39, 0.29) is 0 Å². The van der Waals surface area contributed by atoms with Gasteiger partial charge in [-0.1, -0.05) is 36.4 Å². The molecule has 116 valence electrons. The first-order chi connectivity index (χ1) is 10.6. The van der Waals surface area contributed by atoms with Gasteiger partial charge >= 0.3 is 5.97 Å². The van der Waals surface area contributed by atoms with E-state index in [2.05, 4.69) is 36.1 Å². The van der Waals surface area contributed by atoms with E-state index in [4.69, 9.17) is 5.11 Å². The SMILES string of the molecule is Cc1ccc2ccccc2c1CN1CC[C@H](C(=O)O)[C@H](O)C1. The van der Waals surface area contributed by atoms with E-state index in [9.17, 15) is 9.90 Å². The molecule has 0 spiro atoms. The number of benzene rings is 2. The third-order valence-corrected chi connectivity index (χ3v) is 4.64. The van der Waals surface area contributed by atoms with Gasteiger partial charge in [0.25, 0.3) is 0 Å². The Morgan fingerprint density at radius 1 is 1.27 bits per heavy atom. The molecular formula is C18H21NO3. The van der Waals surface area contributed by atoms with Crippen LogP contribution in [-0.4, -0.2) is 40.3 Å². The topological polar surface area (TPSA) is 60.8 Å². The number of rotatable bonds is 3. The predicted molar refractivity (Wildman–Crippen MR) is 85.7 cm³/mol. The molecule has 0 bridgehead atoms. The Morgan fingerprint density at radius 3 is 2.77 bits per heavy atom. The van der Waals surface area contributed by atoms with Crippen molar-refractivity contribution in [3.8, 4) is 0 Å². The highest BCUT2D eigenvalue weighted by atomic mass is 16.4. The second kappa shape index (κ2) is 6.07. The molecule has 3 rings (SSSR count). The molecule has 2 aromatic rings. The van der Waals surface area contributed by atoms with Crippen molar-refractivity contribution in [2.45, 2.75) is 26.0 Å². The largest absolute Gasteiger partial charge is 0.481 e. The van der Waals surface area contributed by atoms with E-state index in [0.29, 0.717) is 19.5 Å². The number of aliphatic hydroxyl groups is 1. The van der Waals surface area contributed by atoms with E-state index in [1.165, 1.54) is 21.9 Å². The summed E-state index contributed by atoms with van der Waals surface area (Å²) < 4.78 is 0. The maximum absolute atomic E-state index is 11.1. The second-order valence-electron chi connectivity index (χ2n) is 6.12. The fourth-order valence-corrected chi connectivity index (χ4v) is 3.31. The zero-order valence-corrected chi connectivity index (χ0v) is 12.7. The Labute approximate surface area is 130 Å². The molecule has 1 aliphatic heterocycles. The molecule has 1 saturated heterocycles. The standard InChI is InChI=1S/C18H21NO3/c1-12-6-7-13-4-2-3-5-14(13)16(12)10-19-9-8-15(18(21)22)17(20)11-19/h2-7,15,17,20H,8-11H2,1H3,(H,21,22)/t15-,17+/m0/s1. The molecule has 2 N–H and O–H groups in total. The number of hydrogen-bond acceptors (Lipinski definition) is 3. The van der Waals surface area contributed by atoms with Gasteiger partial charge in [-0.15, -0.1) is 0 Å². The van der Waals surface area contributed by atoms with Gasteiger partial charge in [-0.3, -0.25) is 9.69 Å². The van der Waals surface area contributed by atoms with Crippen molar-refractivity contribution in [1.82, 2.24) is 4.90 Å². The van der Waals surface area contributed by atoms with Gasteiger partial charge < -0.3 is 10.2 Å². The monoisotopic (exact) mass is 299 g/mol. The van der Waals surface area contributed by atoms with E-state index >= 15 is 0 Å². The van der Waals surface area contributed by atoms with Crippen LogP contribution in [0.25, 0.3) is 10.8 Å². The Kier molecular flexibility index (Phi) is 4.14. The summed E-state index contributed by atoms with van der Waals surface area (Å²) in [5, 5.41) is 21.6. The summed E-state index contributed by atoms with van der Waals surface area (Å²) in [5.74, 6) is -1.53. The zero-order valence-electron chi connectivity index (χ0n) is 12.7. The fraction of sp³-hybridized carbons (Fsp3) is 0.389. The molecule has 2 atom stereocenters. The van der Waals surface area contributed by atoms with Gasteiger partial charge in [0.1, 0.15) is 0 Å². The Hall–Kier alpha value is -1.91. The number of nitrogens with zero attached hydrogens (tertiary/aromatic N) is 1. The molecule has 22 heavy (non-hydrogen) atoms. The minimum Gasteiger partial charge on any atom is -0.481 e. The van der Waals surface area contributed by atoms with E-state index < -0.39 is 18.0 Å². The average Bonchev–Trinajstić information content (AvgIpc) is 2.50. The molecule has 0 unspecified atom stereocenters. The van der Waals surface area contributed by atoms with Gasteiger partial charge in [0.05, 0.1) is 12.0 Å². The molecule has 1 heterocycles. The highest BCUT2D eigenvalue weighted by molar-refractivity contribution is 5.86. The molecular weight excluding hydrogens is 278 g/mol. The van der Waals surface area contributed by atoms with Crippen LogP contribution in [-0.2, 0) is 11.3 Å². The first kappa shape index (κ1) is 15.0.